The van der Waals surface area contributed by atoms with Crippen molar-refractivity contribution in [2.75, 3.05) is 7.11 Å². The molecule has 6 heteroatoms. The van der Waals surface area contributed by atoms with E-state index in [-0.39, 0.29) is 5.91 Å². The SMILES string of the molecule is COC(=O)C(C)N1C(=O)C(=Cc2ccc(C)cc2)SC1=S. The molecule has 1 unspecified atom stereocenters. The average molecular weight is 321 g/mol. The van der Waals surface area contributed by atoms with Crippen molar-refractivity contribution >= 4 is 46.3 Å². The van der Waals surface area contributed by atoms with E-state index >= 15 is 0 Å². The molecule has 1 atom stereocenters. The largest absolute Gasteiger partial charge is 0.467 e. The fraction of sp³-hybridized carbons (Fsp3) is 0.267. The number of hydrogen-bond acceptors (Lipinski definition) is 5. The summed E-state index contributed by atoms with van der Waals surface area (Å²) in [6, 6.07) is 7.11. The Bertz CT molecular complexity index is 622. The van der Waals surface area contributed by atoms with Gasteiger partial charge in [-0.05, 0) is 25.5 Å². The molecule has 4 nitrogen and oxygen atoms in total. The first-order valence-electron chi connectivity index (χ1n) is 6.35. The zero-order valence-electron chi connectivity index (χ0n) is 12.0. The average Bonchev–Trinajstić information content (AvgIpc) is 2.74. The lowest BCUT2D eigenvalue weighted by molar-refractivity contribution is -0.147. The molecule has 1 aliphatic rings. The van der Waals surface area contributed by atoms with Crippen LogP contribution in [0.2, 0.25) is 0 Å². The van der Waals surface area contributed by atoms with Crippen LogP contribution in [0.25, 0.3) is 6.08 Å². The Morgan fingerprint density at radius 1 is 1.38 bits per heavy atom. The number of aryl methyl sites for hydroxylation is 1. The van der Waals surface area contributed by atoms with E-state index in [0.29, 0.717) is 9.23 Å². The highest BCUT2D eigenvalue weighted by molar-refractivity contribution is 8.26. The molecule has 2 rings (SSSR count). The molecule has 1 aliphatic heterocycles. The number of carbonyl (C=O) groups excluding carboxylic acids is 2. The number of esters is 1. The van der Waals surface area contributed by atoms with Crippen molar-refractivity contribution in [1.82, 2.24) is 4.90 Å². The molecular weight excluding hydrogens is 306 g/mol. The van der Waals surface area contributed by atoms with E-state index in [2.05, 4.69) is 4.74 Å². The lowest BCUT2D eigenvalue weighted by Gasteiger charge is -2.20. The highest BCUT2D eigenvalue weighted by Gasteiger charge is 2.38. The summed E-state index contributed by atoms with van der Waals surface area (Å²) < 4.78 is 5.04. The second kappa shape index (κ2) is 6.41. The third kappa shape index (κ3) is 3.33. The van der Waals surface area contributed by atoms with Gasteiger partial charge < -0.3 is 4.74 Å². The van der Waals surface area contributed by atoms with Gasteiger partial charge in [0.1, 0.15) is 10.4 Å². The molecule has 110 valence electrons. The van der Waals surface area contributed by atoms with E-state index in [1.54, 1.807) is 13.0 Å². The molecule has 1 heterocycles. The van der Waals surface area contributed by atoms with Gasteiger partial charge in [-0.1, -0.05) is 53.8 Å². The fourth-order valence-corrected chi connectivity index (χ4v) is 3.32. The van der Waals surface area contributed by atoms with Gasteiger partial charge in [-0.2, -0.15) is 0 Å². The smallest absolute Gasteiger partial charge is 0.328 e. The molecule has 0 radical (unpaired) electrons. The van der Waals surface area contributed by atoms with E-state index in [1.807, 2.05) is 31.2 Å². The van der Waals surface area contributed by atoms with Crippen molar-refractivity contribution in [3.05, 3.63) is 40.3 Å². The summed E-state index contributed by atoms with van der Waals surface area (Å²) in [5.41, 5.74) is 2.07. The zero-order chi connectivity index (χ0) is 15.6. The standard InChI is InChI=1S/C15H15NO3S2/c1-9-4-6-11(7-5-9)8-12-13(17)16(15(20)21-12)10(2)14(18)19-3/h4-8,10H,1-3H3. The number of carbonyl (C=O) groups is 2. The van der Waals surface area contributed by atoms with E-state index in [9.17, 15) is 9.59 Å². The minimum atomic E-state index is -0.716. The first kappa shape index (κ1) is 15.7. The summed E-state index contributed by atoms with van der Waals surface area (Å²) >= 11 is 6.39. The van der Waals surface area contributed by atoms with Crippen LogP contribution in [0, 0.1) is 6.92 Å². The highest BCUT2D eigenvalue weighted by atomic mass is 32.2. The Balaban J connectivity index is 2.25. The Labute approximate surface area is 133 Å². The van der Waals surface area contributed by atoms with Gasteiger partial charge in [0.25, 0.3) is 5.91 Å². The van der Waals surface area contributed by atoms with Crippen LogP contribution < -0.4 is 0 Å². The quantitative estimate of drug-likeness (QED) is 0.487. The number of rotatable bonds is 3. The molecular formula is C15H15NO3S2. The molecule has 0 aromatic heterocycles. The van der Waals surface area contributed by atoms with Gasteiger partial charge in [0.15, 0.2) is 0 Å². The van der Waals surface area contributed by atoms with Crippen LogP contribution in [0.5, 0.6) is 0 Å². The van der Waals surface area contributed by atoms with Crippen molar-refractivity contribution in [3.8, 4) is 0 Å². The maximum absolute atomic E-state index is 12.4. The Hall–Kier alpha value is -1.66. The van der Waals surface area contributed by atoms with E-state index in [4.69, 9.17) is 12.2 Å². The maximum atomic E-state index is 12.4. The number of ether oxygens (including phenoxy) is 1. The lowest BCUT2D eigenvalue weighted by atomic mass is 10.1. The predicted molar refractivity (Wildman–Crippen MR) is 87.7 cm³/mol. The van der Waals surface area contributed by atoms with Crippen molar-refractivity contribution < 1.29 is 14.3 Å². The van der Waals surface area contributed by atoms with Crippen molar-refractivity contribution in [3.63, 3.8) is 0 Å². The minimum Gasteiger partial charge on any atom is -0.467 e. The molecule has 0 spiro atoms. The normalized spacial score (nSPS) is 18.2. The Morgan fingerprint density at radius 3 is 2.57 bits per heavy atom. The van der Waals surface area contributed by atoms with Crippen molar-refractivity contribution in [2.45, 2.75) is 19.9 Å². The predicted octanol–water partition coefficient (Wildman–Crippen LogP) is 2.76. The molecule has 21 heavy (non-hydrogen) atoms. The summed E-state index contributed by atoms with van der Waals surface area (Å²) in [5.74, 6) is -0.744. The van der Waals surface area contributed by atoms with Gasteiger partial charge >= 0.3 is 5.97 Å². The second-order valence-corrected chi connectivity index (χ2v) is 6.34. The topological polar surface area (TPSA) is 46.6 Å². The summed E-state index contributed by atoms with van der Waals surface area (Å²) in [5, 5.41) is 0. The minimum absolute atomic E-state index is 0.261. The van der Waals surface area contributed by atoms with Crippen LogP contribution in [0.4, 0.5) is 0 Å². The maximum Gasteiger partial charge on any atom is 0.328 e. The van der Waals surface area contributed by atoms with E-state index in [1.165, 1.54) is 23.8 Å². The number of amides is 1. The number of hydrogen-bond donors (Lipinski definition) is 0. The van der Waals surface area contributed by atoms with Crippen LogP contribution in [0.15, 0.2) is 29.2 Å². The number of methoxy groups -OCH3 is 1. The lowest BCUT2D eigenvalue weighted by Crippen LogP contribution is -2.42. The van der Waals surface area contributed by atoms with Gasteiger partial charge in [-0.15, -0.1) is 0 Å². The molecule has 1 amide bonds. The third-order valence-electron chi connectivity index (χ3n) is 3.13. The van der Waals surface area contributed by atoms with Crippen LogP contribution >= 0.6 is 24.0 Å². The summed E-state index contributed by atoms with van der Waals surface area (Å²) in [6.45, 7) is 3.60. The van der Waals surface area contributed by atoms with E-state index in [0.717, 1.165) is 11.1 Å². The van der Waals surface area contributed by atoms with Crippen LogP contribution in [-0.4, -0.2) is 34.2 Å². The summed E-state index contributed by atoms with van der Waals surface area (Å²) in [6.07, 6.45) is 1.78. The zero-order valence-corrected chi connectivity index (χ0v) is 13.6. The molecule has 0 N–H and O–H groups in total. The summed E-state index contributed by atoms with van der Waals surface area (Å²) in [7, 11) is 1.29. The van der Waals surface area contributed by atoms with Crippen molar-refractivity contribution in [2.24, 2.45) is 0 Å². The van der Waals surface area contributed by atoms with Crippen LogP contribution in [0.1, 0.15) is 18.1 Å². The number of thiocarbonyl (C=S) groups is 1. The first-order valence-corrected chi connectivity index (χ1v) is 7.58. The van der Waals surface area contributed by atoms with Gasteiger partial charge in [0.05, 0.1) is 12.0 Å². The van der Waals surface area contributed by atoms with E-state index < -0.39 is 12.0 Å². The monoisotopic (exact) mass is 321 g/mol. The molecule has 0 saturated carbocycles. The molecule has 0 aliphatic carbocycles. The van der Waals surface area contributed by atoms with Gasteiger partial charge in [-0.3, -0.25) is 9.69 Å². The Kier molecular flexibility index (Phi) is 4.80. The molecule has 1 aromatic rings. The number of thioether (sulfide) groups is 1. The second-order valence-electron chi connectivity index (χ2n) is 4.66. The molecule has 1 fully saturated rings. The Morgan fingerprint density at radius 2 is 2.00 bits per heavy atom. The van der Waals surface area contributed by atoms with Crippen LogP contribution in [-0.2, 0) is 14.3 Å². The van der Waals surface area contributed by atoms with Gasteiger partial charge in [0, 0.05) is 0 Å². The summed E-state index contributed by atoms with van der Waals surface area (Å²) in [4.78, 5) is 25.8. The van der Waals surface area contributed by atoms with Gasteiger partial charge in [-0.25, -0.2) is 4.79 Å². The molecule has 1 aromatic carbocycles. The highest BCUT2D eigenvalue weighted by Crippen LogP contribution is 2.34. The third-order valence-corrected chi connectivity index (χ3v) is 4.46. The molecule has 0 bridgehead atoms. The van der Waals surface area contributed by atoms with Gasteiger partial charge in [0.2, 0.25) is 0 Å². The number of benzene rings is 1. The fourth-order valence-electron chi connectivity index (χ4n) is 1.90. The number of nitrogens with zero attached hydrogens (tertiary/aromatic N) is 1. The van der Waals surface area contributed by atoms with Crippen molar-refractivity contribution in [1.29, 1.82) is 0 Å². The van der Waals surface area contributed by atoms with Crippen LogP contribution in [0.3, 0.4) is 0 Å². The first-order chi connectivity index (χ1) is 9.93. The molecule has 1 saturated heterocycles.